The van der Waals surface area contributed by atoms with Gasteiger partial charge in [-0.2, -0.15) is 0 Å². The number of benzene rings is 1. The second kappa shape index (κ2) is 8.27. The van der Waals surface area contributed by atoms with Crippen LogP contribution in [0.1, 0.15) is 24.6 Å². The molecule has 1 aliphatic heterocycles. The van der Waals surface area contributed by atoms with Crippen molar-refractivity contribution in [3.8, 4) is 11.4 Å². The van der Waals surface area contributed by atoms with E-state index in [4.69, 9.17) is 15.1 Å². The quantitative estimate of drug-likeness (QED) is 0.860. The number of carbonyl (C=O) groups is 1. The fourth-order valence-corrected chi connectivity index (χ4v) is 3.19. The Balaban J connectivity index is 1.82. The van der Waals surface area contributed by atoms with Crippen molar-refractivity contribution in [2.75, 3.05) is 37.6 Å². The lowest BCUT2D eigenvalue weighted by molar-refractivity contribution is -0.138. The molecule has 138 valence electrons. The third-order valence-electron chi connectivity index (χ3n) is 4.64. The SMILES string of the molecule is CCCc1cc(N2CCN(CC(=O)O)CC2)nc(-c2ccc(C)cc2)n1. The lowest BCUT2D eigenvalue weighted by Crippen LogP contribution is -2.48. The predicted octanol–water partition coefficient (Wildman–Crippen LogP) is 2.61. The van der Waals surface area contributed by atoms with Gasteiger partial charge < -0.3 is 10.0 Å². The second-order valence-electron chi connectivity index (χ2n) is 6.81. The molecule has 1 aromatic carbocycles. The van der Waals surface area contributed by atoms with Crippen molar-refractivity contribution < 1.29 is 9.90 Å². The summed E-state index contributed by atoms with van der Waals surface area (Å²) < 4.78 is 0. The molecule has 0 unspecified atom stereocenters. The first-order chi connectivity index (χ1) is 12.5. The Hall–Kier alpha value is -2.47. The van der Waals surface area contributed by atoms with E-state index in [1.165, 1.54) is 5.56 Å². The molecule has 3 rings (SSSR count). The first kappa shape index (κ1) is 18.3. The number of piperazine rings is 1. The number of aryl methyl sites for hydroxylation is 2. The van der Waals surface area contributed by atoms with Crippen LogP contribution in [-0.4, -0.2) is 58.7 Å². The molecule has 26 heavy (non-hydrogen) atoms. The van der Waals surface area contributed by atoms with Gasteiger partial charge in [0.2, 0.25) is 0 Å². The van der Waals surface area contributed by atoms with Crippen molar-refractivity contribution in [1.82, 2.24) is 14.9 Å². The summed E-state index contributed by atoms with van der Waals surface area (Å²) in [6.45, 7) is 7.36. The lowest BCUT2D eigenvalue weighted by atomic mass is 10.1. The largest absolute Gasteiger partial charge is 0.480 e. The number of nitrogens with zero attached hydrogens (tertiary/aromatic N) is 4. The summed E-state index contributed by atoms with van der Waals surface area (Å²) in [5, 5.41) is 8.95. The van der Waals surface area contributed by atoms with Crippen molar-refractivity contribution >= 4 is 11.8 Å². The van der Waals surface area contributed by atoms with E-state index in [-0.39, 0.29) is 6.54 Å². The van der Waals surface area contributed by atoms with Gasteiger partial charge in [-0.15, -0.1) is 0 Å². The standard InChI is InChI=1S/C20H26N4O2/c1-3-4-17-13-18(24-11-9-23(10-12-24)14-19(25)26)22-20(21-17)16-7-5-15(2)6-8-16/h5-8,13H,3-4,9-12,14H2,1-2H3,(H,25,26). The molecule has 0 amide bonds. The Morgan fingerprint density at radius 2 is 1.81 bits per heavy atom. The highest BCUT2D eigenvalue weighted by Crippen LogP contribution is 2.22. The van der Waals surface area contributed by atoms with E-state index in [0.717, 1.165) is 61.9 Å². The molecule has 2 aromatic rings. The third-order valence-corrected chi connectivity index (χ3v) is 4.64. The van der Waals surface area contributed by atoms with Gasteiger partial charge in [0.25, 0.3) is 0 Å². The zero-order chi connectivity index (χ0) is 18.5. The summed E-state index contributed by atoms with van der Waals surface area (Å²) in [5.41, 5.74) is 3.30. The maximum Gasteiger partial charge on any atom is 0.317 e. The Morgan fingerprint density at radius 3 is 2.42 bits per heavy atom. The normalized spacial score (nSPS) is 15.2. The number of aromatic nitrogens is 2. The molecule has 0 bridgehead atoms. The fourth-order valence-electron chi connectivity index (χ4n) is 3.19. The number of anilines is 1. The zero-order valence-electron chi connectivity index (χ0n) is 15.5. The molecule has 2 heterocycles. The molecule has 0 aliphatic carbocycles. The maximum atomic E-state index is 10.9. The maximum absolute atomic E-state index is 10.9. The smallest absolute Gasteiger partial charge is 0.317 e. The van der Waals surface area contributed by atoms with Crippen LogP contribution in [-0.2, 0) is 11.2 Å². The Bertz CT molecular complexity index is 753. The Kier molecular flexibility index (Phi) is 5.83. The zero-order valence-corrected chi connectivity index (χ0v) is 15.5. The summed E-state index contributed by atoms with van der Waals surface area (Å²) in [6, 6.07) is 10.4. The first-order valence-electron chi connectivity index (χ1n) is 9.19. The Labute approximate surface area is 154 Å². The van der Waals surface area contributed by atoms with Gasteiger partial charge >= 0.3 is 5.97 Å². The van der Waals surface area contributed by atoms with Crippen LogP contribution in [0.3, 0.4) is 0 Å². The summed E-state index contributed by atoms with van der Waals surface area (Å²) in [7, 11) is 0. The van der Waals surface area contributed by atoms with Crippen LogP contribution in [0.5, 0.6) is 0 Å². The van der Waals surface area contributed by atoms with Crippen LogP contribution in [0.15, 0.2) is 30.3 Å². The molecule has 1 N–H and O–H groups in total. The highest BCUT2D eigenvalue weighted by Gasteiger charge is 2.20. The first-order valence-corrected chi connectivity index (χ1v) is 9.19. The lowest BCUT2D eigenvalue weighted by Gasteiger charge is -2.34. The minimum Gasteiger partial charge on any atom is -0.480 e. The van der Waals surface area contributed by atoms with Crippen LogP contribution in [0.2, 0.25) is 0 Å². The molecule has 0 radical (unpaired) electrons. The number of hydrogen-bond acceptors (Lipinski definition) is 5. The molecule has 1 aliphatic rings. The van der Waals surface area contributed by atoms with Gasteiger partial charge in [0, 0.05) is 43.5 Å². The molecule has 6 nitrogen and oxygen atoms in total. The van der Waals surface area contributed by atoms with E-state index in [1.807, 2.05) is 4.90 Å². The van der Waals surface area contributed by atoms with Crippen LogP contribution in [0.4, 0.5) is 5.82 Å². The summed E-state index contributed by atoms with van der Waals surface area (Å²) >= 11 is 0. The second-order valence-corrected chi connectivity index (χ2v) is 6.81. The molecule has 0 atom stereocenters. The van der Waals surface area contributed by atoms with Crippen LogP contribution in [0, 0.1) is 6.92 Å². The van der Waals surface area contributed by atoms with E-state index in [9.17, 15) is 4.79 Å². The van der Waals surface area contributed by atoms with Crippen molar-refractivity contribution in [1.29, 1.82) is 0 Å². The van der Waals surface area contributed by atoms with Crippen molar-refractivity contribution in [2.45, 2.75) is 26.7 Å². The van der Waals surface area contributed by atoms with Crippen molar-refractivity contribution in [3.05, 3.63) is 41.6 Å². The molecule has 0 saturated carbocycles. The van der Waals surface area contributed by atoms with E-state index in [0.29, 0.717) is 0 Å². The van der Waals surface area contributed by atoms with Crippen molar-refractivity contribution in [3.63, 3.8) is 0 Å². The van der Waals surface area contributed by atoms with Gasteiger partial charge in [-0.05, 0) is 13.3 Å². The predicted molar refractivity (Wildman–Crippen MR) is 102 cm³/mol. The Morgan fingerprint density at radius 1 is 1.12 bits per heavy atom. The number of carboxylic acid groups (broad SMARTS) is 1. The summed E-state index contributed by atoms with van der Waals surface area (Å²) in [4.78, 5) is 24.6. The molecule has 1 fully saturated rings. The van der Waals surface area contributed by atoms with Crippen LogP contribution >= 0.6 is 0 Å². The average Bonchev–Trinajstić information content (AvgIpc) is 2.62. The molecular weight excluding hydrogens is 328 g/mol. The molecule has 1 aromatic heterocycles. The summed E-state index contributed by atoms with van der Waals surface area (Å²) in [6.07, 6.45) is 1.96. The number of rotatable bonds is 6. The fraction of sp³-hybridized carbons (Fsp3) is 0.450. The van der Waals surface area contributed by atoms with E-state index in [1.54, 1.807) is 0 Å². The van der Waals surface area contributed by atoms with Crippen molar-refractivity contribution in [2.24, 2.45) is 0 Å². The highest BCUT2D eigenvalue weighted by atomic mass is 16.4. The number of aliphatic carboxylic acids is 1. The topological polar surface area (TPSA) is 69.6 Å². The summed E-state index contributed by atoms with van der Waals surface area (Å²) in [5.74, 6) is 0.931. The molecule has 6 heteroatoms. The van der Waals surface area contributed by atoms with Gasteiger partial charge in [0.05, 0.1) is 6.54 Å². The minimum absolute atomic E-state index is 0.104. The monoisotopic (exact) mass is 354 g/mol. The van der Waals surface area contributed by atoms with Gasteiger partial charge in [-0.3, -0.25) is 9.69 Å². The van der Waals surface area contributed by atoms with Gasteiger partial charge in [0.15, 0.2) is 5.82 Å². The molecule has 1 saturated heterocycles. The average molecular weight is 354 g/mol. The van der Waals surface area contributed by atoms with Crippen LogP contribution in [0.25, 0.3) is 11.4 Å². The molecular formula is C20H26N4O2. The van der Waals surface area contributed by atoms with E-state index >= 15 is 0 Å². The van der Waals surface area contributed by atoms with Gasteiger partial charge in [0.1, 0.15) is 5.82 Å². The number of hydrogen-bond donors (Lipinski definition) is 1. The van der Waals surface area contributed by atoms with E-state index in [2.05, 4.69) is 49.1 Å². The number of carboxylic acids is 1. The van der Waals surface area contributed by atoms with Gasteiger partial charge in [-0.25, -0.2) is 9.97 Å². The van der Waals surface area contributed by atoms with E-state index < -0.39 is 5.97 Å². The van der Waals surface area contributed by atoms with Crippen LogP contribution < -0.4 is 4.90 Å². The van der Waals surface area contributed by atoms with Gasteiger partial charge in [-0.1, -0.05) is 43.2 Å². The highest BCUT2D eigenvalue weighted by molar-refractivity contribution is 5.69. The third kappa shape index (κ3) is 4.58. The molecule has 0 spiro atoms. The minimum atomic E-state index is -0.771.